The van der Waals surface area contributed by atoms with Crippen LogP contribution >= 0.6 is 7.75 Å². The molecule has 0 saturated carbocycles. The highest BCUT2D eigenvalue weighted by Gasteiger charge is 2.56. The summed E-state index contributed by atoms with van der Waals surface area (Å²) >= 11 is 0. The van der Waals surface area contributed by atoms with Crippen LogP contribution in [0.25, 0.3) is 5.65 Å². The predicted molar refractivity (Wildman–Crippen MR) is 137 cm³/mol. The third-order valence-electron chi connectivity index (χ3n) is 5.82. The fourth-order valence-corrected chi connectivity index (χ4v) is 5.41. The quantitative estimate of drug-likeness (QED) is 0.156. The number of terminal acetylenes is 1. The van der Waals surface area contributed by atoms with E-state index in [4.69, 9.17) is 30.7 Å². The Morgan fingerprint density at radius 2 is 2.03 bits per heavy atom. The molecule has 0 aliphatic carbocycles. The number of ether oxygens (including phenoxy) is 2. The SMILES string of the molecule is C#C[C@]1(CO[P@@](=O)(N[C@@H](C)C(=O)OC(C)C)Oc2ccccc2)O[C@@H](c2cnc3c(N)ncnn23)[C@@H](O)C1O. The molecule has 6 atom stereocenters. The van der Waals surface area contributed by atoms with Gasteiger partial charge < -0.3 is 29.9 Å². The molecule has 15 heteroatoms. The van der Waals surface area contributed by atoms with E-state index in [9.17, 15) is 19.6 Å². The Hall–Kier alpha value is -3.57. The molecule has 39 heavy (non-hydrogen) atoms. The van der Waals surface area contributed by atoms with Crippen LogP contribution in [0.1, 0.15) is 32.6 Å². The van der Waals surface area contributed by atoms with Crippen molar-refractivity contribution in [3.05, 3.63) is 48.5 Å². The molecule has 1 aromatic carbocycles. The number of hydrogen-bond acceptors (Lipinski definition) is 12. The number of hydrogen-bond donors (Lipinski definition) is 4. The minimum atomic E-state index is -4.35. The minimum Gasteiger partial charge on any atom is -0.462 e. The van der Waals surface area contributed by atoms with E-state index in [-0.39, 0.29) is 22.9 Å². The third-order valence-corrected chi connectivity index (χ3v) is 7.44. The fraction of sp³-hybridized carbons (Fsp3) is 0.417. The largest absolute Gasteiger partial charge is 0.462 e. The molecule has 1 fully saturated rings. The van der Waals surface area contributed by atoms with E-state index in [1.807, 2.05) is 0 Å². The van der Waals surface area contributed by atoms with Crippen molar-refractivity contribution in [1.82, 2.24) is 24.7 Å². The first-order chi connectivity index (χ1) is 18.5. The van der Waals surface area contributed by atoms with Crippen LogP contribution in [0.5, 0.6) is 5.75 Å². The molecule has 0 bridgehead atoms. The van der Waals surface area contributed by atoms with Crippen molar-refractivity contribution in [3.63, 3.8) is 0 Å². The number of aliphatic hydroxyl groups excluding tert-OH is 2. The van der Waals surface area contributed by atoms with Gasteiger partial charge in [0.25, 0.3) is 0 Å². The number of nitrogens with one attached hydrogen (secondary N) is 1. The minimum absolute atomic E-state index is 0.0889. The number of nitrogens with two attached hydrogens (primary N) is 1. The summed E-state index contributed by atoms with van der Waals surface area (Å²) in [7, 11) is -4.35. The smallest absolute Gasteiger partial charge is 0.459 e. The summed E-state index contributed by atoms with van der Waals surface area (Å²) in [5.41, 5.74) is 4.29. The van der Waals surface area contributed by atoms with Gasteiger partial charge in [-0.3, -0.25) is 9.32 Å². The van der Waals surface area contributed by atoms with E-state index in [2.05, 4.69) is 26.1 Å². The van der Waals surface area contributed by atoms with Crippen LogP contribution in [-0.2, 0) is 23.4 Å². The maximum absolute atomic E-state index is 13.8. The molecular weight excluding hydrogens is 531 g/mol. The van der Waals surface area contributed by atoms with E-state index >= 15 is 0 Å². The number of anilines is 1. The average molecular weight is 561 g/mol. The number of imidazole rings is 1. The Labute approximate surface area is 224 Å². The van der Waals surface area contributed by atoms with Gasteiger partial charge in [0.05, 0.1) is 18.0 Å². The van der Waals surface area contributed by atoms with Gasteiger partial charge in [-0.15, -0.1) is 6.42 Å². The van der Waals surface area contributed by atoms with Gasteiger partial charge in [0.15, 0.2) is 17.1 Å². The lowest BCUT2D eigenvalue weighted by molar-refractivity contribution is -0.149. The Bertz CT molecular complexity index is 1410. The number of rotatable bonds is 10. The van der Waals surface area contributed by atoms with Gasteiger partial charge in [0.1, 0.15) is 43.0 Å². The van der Waals surface area contributed by atoms with Gasteiger partial charge >= 0.3 is 13.7 Å². The van der Waals surface area contributed by atoms with Gasteiger partial charge in [-0.05, 0) is 32.9 Å². The molecule has 4 rings (SSSR count). The monoisotopic (exact) mass is 560 g/mol. The maximum Gasteiger partial charge on any atom is 0.459 e. The molecule has 1 aliphatic heterocycles. The summed E-state index contributed by atoms with van der Waals surface area (Å²) in [6, 6.07) is 6.98. The zero-order valence-corrected chi connectivity index (χ0v) is 22.3. The average Bonchev–Trinajstić information content (AvgIpc) is 3.43. The number of aromatic nitrogens is 4. The van der Waals surface area contributed by atoms with E-state index in [0.717, 1.165) is 0 Å². The maximum atomic E-state index is 13.8. The van der Waals surface area contributed by atoms with Crippen LogP contribution in [0.4, 0.5) is 5.82 Å². The van der Waals surface area contributed by atoms with E-state index in [1.165, 1.54) is 36.1 Å². The normalized spacial score (nSPS) is 25.2. The van der Waals surface area contributed by atoms with Gasteiger partial charge in [-0.1, -0.05) is 24.1 Å². The number of aliphatic hydroxyl groups is 2. The lowest BCUT2D eigenvalue weighted by Gasteiger charge is -2.29. The van der Waals surface area contributed by atoms with Crippen molar-refractivity contribution in [1.29, 1.82) is 0 Å². The standard InChI is InChI=1S/C24H29N6O8P/c1-5-24(20(32)18(31)19(37-24)17-11-26-22-21(25)27-13-28-30(17)22)12-35-39(34,38-16-9-7-6-8-10-16)29-15(4)23(33)36-14(2)3/h1,6-11,13-15,18-20,31-32H,12H2,2-4H3,(H,29,34)(H2,25,27,28)/t15-,18+,19-,20?,24+,39-/m0/s1. The Morgan fingerprint density at radius 1 is 1.31 bits per heavy atom. The summed E-state index contributed by atoms with van der Waals surface area (Å²) in [4.78, 5) is 20.4. The first-order valence-corrected chi connectivity index (χ1v) is 13.5. The number of benzene rings is 1. The molecule has 5 N–H and O–H groups in total. The number of carbonyl (C=O) groups excluding carboxylic acids is 1. The molecule has 3 aromatic rings. The Kier molecular flexibility index (Phi) is 8.22. The van der Waals surface area contributed by atoms with Crippen molar-refractivity contribution in [2.75, 3.05) is 12.3 Å². The Balaban J connectivity index is 1.59. The first kappa shape index (κ1) is 28.4. The van der Waals surface area contributed by atoms with Crippen LogP contribution in [0.2, 0.25) is 0 Å². The molecule has 3 heterocycles. The lowest BCUT2D eigenvalue weighted by Crippen LogP contribution is -2.46. The molecule has 2 aromatic heterocycles. The fourth-order valence-electron chi connectivity index (χ4n) is 3.88. The summed E-state index contributed by atoms with van der Waals surface area (Å²) < 4.78 is 37.5. The van der Waals surface area contributed by atoms with Crippen LogP contribution in [0.15, 0.2) is 42.9 Å². The molecule has 1 aliphatic rings. The number of esters is 1. The van der Waals surface area contributed by atoms with Gasteiger partial charge in [-0.25, -0.2) is 19.0 Å². The zero-order valence-electron chi connectivity index (χ0n) is 21.4. The van der Waals surface area contributed by atoms with Gasteiger partial charge in [-0.2, -0.15) is 10.2 Å². The number of nitrogens with zero attached hydrogens (tertiary/aromatic N) is 4. The molecule has 14 nitrogen and oxygen atoms in total. The van der Waals surface area contributed by atoms with Gasteiger partial charge in [0.2, 0.25) is 0 Å². The zero-order chi connectivity index (χ0) is 28.4. The van der Waals surface area contributed by atoms with Crippen LogP contribution in [0.3, 0.4) is 0 Å². The van der Waals surface area contributed by atoms with Crippen LogP contribution in [-0.4, -0.2) is 72.3 Å². The number of para-hydroxylation sites is 1. The molecule has 0 radical (unpaired) electrons. The molecule has 1 saturated heterocycles. The van der Waals surface area contributed by atoms with Crippen molar-refractivity contribution in [2.24, 2.45) is 0 Å². The van der Waals surface area contributed by atoms with Gasteiger partial charge in [0, 0.05) is 0 Å². The van der Waals surface area contributed by atoms with Crippen molar-refractivity contribution in [2.45, 2.75) is 56.8 Å². The highest BCUT2D eigenvalue weighted by Crippen LogP contribution is 2.48. The molecule has 1 unspecified atom stereocenters. The second-order valence-electron chi connectivity index (χ2n) is 9.08. The topological polar surface area (TPSA) is 193 Å². The molecule has 0 spiro atoms. The summed E-state index contributed by atoms with van der Waals surface area (Å²) in [6.07, 6.45) is 3.41. The van der Waals surface area contributed by atoms with Crippen LogP contribution in [0, 0.1) is 12.3 Å². The van der Waals surface area contributed by atoms with Crippen molar-refractivity contribution < 1.29 is 38.1 Å². The number of fused-ring (bicyclic) bond motifs is 1. The van der Waals surface area contributed by atoms with Crippen molar-refractivity contribution >= 4 is 25.2 Å². The lowest BCUT2D eigenvalue weighted by atomic mass is 9.96. The van der Waals surface area contributed by atoms with E-state index in [0.29, 0.717) is 0 Å². The second kappa shape index (κ2) is 11.3. The highest BCUT2D eigenvalue weighted by molar-refractivity contribution is 7.52. The van der Waals surface area contributed by atoms with Crippen LogP contribution < -0.4 is 15.3 Å². The first-order valence-electron chi connectivity index (χ1n) is 11.9. The van der Waals surface area contributed by atoms with E-state index in [1.54, 1.807) is 32.0 Å². The summed E-state index contributed by atoms with van der Waals surface area (Å²) in [6.45, 7) is 4.06. The number of carbonyl (C=O) groups is 1. The summed E-state index contributed by atoms with van der Waals surface area (Å²) in [5, 5.41) is 28.4. The molecular formula is C24H29N6O8P. The summed E-state index contributed by atoms with van der Waals surface area (Å²) in [5.74, 6) is 1.87. The highest BCUT2D eigenvalue weighted by atomic mass is 31.2. The molecule has 208 valence electrons. The second-order valence-corrected chi connectivity index (χ2v) is 10.8. The third kappa shape index (κ3) is 5.89. The molecule has 0 amide bonds. The van der Waals surface area contributed by atoms with Crippen molar-refractivity contribution in [3.8, 4) is 18.1 Å². The Morgan fingerprint density at radius 3 is 2.69 bits per heavy atom. The van der Waals surface area contributed by atoms with E-state index < -0.39 is 56.4 Å². The number of nitrogen functional groups attached to an aromatic ring is 1. The predicted octanol–water partition coefficient (Wildman–Crippen LogP) is 1.00.